The molecule has 34 heavy (non-hydrogen) atoms. The molecule has 0 unspecified atom stereocenters. The summed E-state index contributed by atoms with van der Waals surface area (Å²) in [4.78, 5) is 31.8. The lowest BCUT2D eigenvalue weighted by atomic mass is 10.1. The number of esters is 1. The fraction of sp³-hybridized carbons (Fsp3) is 0.167. The van der Waals surface area contributed by atoms with Crippen LogP contribution in [0.2, 0.25) is 0 Å². The summed E-state index contributed by atoms with van der Waals surface area (Å²) in [6, 6.07) is 9.54. The van der Waals surface area contributed by atoms with Crippen molar-refractivity contribution in [1.82, 2.24) is 4.90 Å². The van der Waals surface area contributed by atoms with Crippen molar-refractivity contribution >= 4 is 40.7 Å². The van der Waals surface area contributed by atoms with Gasteiger partial charge in [-0.05, 0) is 48.9 Å². The smallest absolute Gasteiger partial charge is 0.343 e. The number of rotatable bonds is 6. The second kappa shape index (κ2) is 9.44. The lowest BCUT2D eigenvalue weighted by molar-refractivity contribution is -0.114. The second-order valence-electron chi connectivity index (χ2n) is 7.19. The van der Waals surface area contributed by atoms with Crippen molar-refractivity contribution in [2.24, 2.45) is 4.99 Å². The molecular formula is C24H21N3O6S. The number of amides is 1. The van der Waals surface area contributed by atoms with E-state index in [1.807, 2.05) is 6.92 Å². The molecule has 2 aliphatic heterocycles. The van der Waals surface area contributed by atoms with Crippen LogP contribution in [0.25, 0.3) is 6.08 Å². The number of carbonyl (C=O) groups is 2. The summed E-state index contributed by atoms with van der Waals surface area (Å²) in [6.45, 7) is 1.89. The van der Waals surface area contributed by atoms with Gasteiger partial charge in [0.15, 0.2) is 28.2 Å². The van der Waals surface area contributed by atoms with E-state index in [1.54, 1.807) is 47.5 Å². The number of aliphatic imine (C=N–C) groups is 1. The van der Waals surface area contributed by atoms with Gasteiger partial charge < -0.3 is 18.9 Å². The Morgan fingerprint density at radius 3 is 2.38 bits per heavy atom. The molecule has 0 saturated carbocycles. The van der Waals surface area contributed by atoms with Crippen molar-refractivity contribution in [2.75, 3.05) is 21.3 Å². The normalized spacial score (nSPS) is 16.1. The number of methoxy groups -OCH3 is 3. The summed E-state index contributed by atoms with van der Waals surface area (Å²) in [5.74, 6) is 0.324. The van der Waals surface area contributed by atoms with Gasteiger partial charge in [0.25, 0.3) is 5.91 Å². The third-order valence-electron chi connectivity index (χ3n) is 5.01. The van der Waals surface area contributed by atoms with E-state index in [0.29, 0.717) is 22.2 Å². The lowest BCUT2D eigenvalue weighted by Crippen LogP contribution is -2.35. The van der Waals surface area contributed by atoms with Gasteiger partial charge in [-0.1, -0.05) is 17.8 Å². The summed E-state index contributed by atoms with van der Waals surface area (Å²) in [5.41, 5.74) is 1.00. The molecular weight excluding hydrogens is 458 g/mol. The first-order valence-corrected chi connectivity index (χ1v) is 10.9. The summed E-state index contributed by atoms with van der Waals surface area (Å²) < 4.78 is 21.3. The van der Waals surface area contributed by atoms with Crippen LogP contribution >= 0.6 is 11.8 Å². The van der Waals surface area contributed by atoms with Crippen LogP contribution in [0.15, 0.2) is 58.1 Å². The monoisotopic (exact) mass is 479 g/mol. The van der Waals surface area contributed by atoms with Gasteiger partial charge >= 0.3 is 5.97 Å². The first-order chi connectivity index (χ1) is 16.3. The molecule has 0 saturated heterocycles. The van der Waals surface area contributed by atoms with Gasteiger partial charge in [-0.3, -0.25) is 15.1 Å². The van der Waals surface area contributed by atoms with Crippen molar-refractivity contribution in [3.8, 4) is 23.0 Å². The number of benzene rings is 2. The molecule has 0 bridgehead atoms. The first kappa shape index (κ1) is 23.1. The Hall–Kier alpha value is -4.05. The molecule has 174 valence electrons. The Morgan fingerprint density at radius 1 is 1.00 bits per heavy atom. The van der Waals surface area contributed by atoms with Crippen LogP contribution in [0.1, 0.15) is 22.8 Å². The predicted molar refractivity (Wildman–Crippen MR) is 129 cm³/mol. The maximum Gasteiger partial charge on any atom is 0.343 e. The number of ether oxygens (including phenoxy) is 4. The van der Waals surface area contributed by atoms with Gasteiger partial charge in [0.1, 0.15) is 5.84 Å². The highest BCUT2D eigenvalue weighted by Crippen LogP contribution is 2.34. The van der Waals surface area contributed by atoms with E-state index >= 15 is 0 Å². The van der Waals surface area contributed by atoms with Crippen molar-refractivity contribution in [2.45, 2.75) is 6.92 Å². The van der Waals surface area contributed by atoms with Crippen LogP contribution in [0.3, 0.4) is 0 Å². The van der Waals surface area contributed by atoms with Crippen LogP contribution in [0.5, 0.6) is 23.0 Å². The highest BCUT2D eigenvalue weighted by Gasteiger charge is 2.32. The first-order valence-electron chi connectivity index (χ1n) is 10.1. The molecule has 0 aromatic heterocycles. The molecule has 0 atom stereocenters. The Kier molecular flexibility index (Phi) is 6.42. The van der Waals surface area contributed by atoms with E-state index in [4.69, 9.17) is 24.4 Å². The topological polar surface area (TPSA) is 111 Å². The SMILES string of the molecule is COc1ccc(C(=O)Oc2ccc(C=C3C(=N)N4C=C(C)SC4=NC3=O)cc2OC)cc1OC. The van der Waals surface area contributed by atoms with E-state index in [-0.39, 0.29) is 28.5 Å². The average molecular weight is 480 g/mol. The Morgan fingerprint density at radius 2 is 1.68 bits per heavy atom. The molecule has 4 rings (SSSR count). The maximum atomic E-state index is 12.7. The molecule has 0 spiro atoms. The van der Waals surface area contributed by atoms with Crippen LogP contribution in [0, 0.1) is 5.41 Å². The van der Waals surface area contributed by atoms with Gasteiger partial charge in [0, 0.05) is 11.1 Å². The largest absolute Gasteiger partial charge is 0.493 e. The molecule has 2 aliphatic rings. The summed E-state index contributed by atoms with van der Waals surface area (Å²) in [5, 5.41) is 8.88. The van der Waals surface area contributed by atoms with Gasteiger partial charge in [-0.2, -0.15) is 4.99 Å². The molecule has 10 heteroatoms. The van der Waals surface area contributed by atoms with Gasteiger partial charge in [-0.25, -0.2) is 4.79 Å². The van der Waals surface area contributed by atoms with Crippen molar-refractivity contribution in [3.05, 3.63) is 64.2 Å². The maximum absolute atomic E-state index is 12.7. The third kappa shape index (κ3) is 4.40. The highest BCUT2D eigenvalue weighted by atomic mass is 32.2. The second-order valence-corrected chi connectivity index (χ2v) is 8.40. The van der Waals surface area contributed by atoms with Gasteiger partial charge in [-0.15, -0.1) is 0 Å². The zero-order valence-corrected chi connectivity index (χ0v) is 19.7. The zero-order valence-electron chi connectivity index (χ0n) is 18.9. The standard InChI is InChI=1S/C24H21N3O6S/c1-13-12-27-21(25)16(22(28)26-24(27)34-13)9-14-5-7-18(19(10-14)31-3)33-23(29)15-6-8-17(30-2)20(11-15)32-4/h5-12,25H,1-4H3. The molecule has 1 N–H and O–H groups in total. The van der Waals surface area contributed by atoms with Crippen LogP contribution < -0.4 is 18.9 Å². The van der Waals surface area contributed by atoms with E-state index in [1.165, 1.54) is 39.2 Å². The zero-order chi connectivity index (χ0) is 24.4. The molecule has 2 aromatic carbocycles. The number of amidine groups is 2. The minimum atomic E-state index is -0.606. The molecule has 2 aromatic rings. The number of allylic oxidation sites excluding steroid dienone is 1. The molecule has 1 amide bonds. The Bertz CT molecular complexity index is 1300. The quantitative estimate of drug-likeness (QED) is 0.375. The number of hydrogen-bond donors (Lipinski definition) is 1. The van der Waals surface area contributed by atoms with E-state index in [9.17, 15) is 9.59 Å². The predicted octanol–water partition coefficient (Wildman–Crippen LogP) is 4.10. The minimum absolute atomic E-state index is 0.0438. The van der Waals surface area contributed by atoms with Crippen LogP contribution in [-0.2, 0) is 4.79 Å². The van der Waals surface area contributed by atoms with Crippen LogP contribution in [0.4, 0.5) is 0 Å². The number of hydrogen-bond acceptors (Lipinski definition) is 8. The summed E-state index contributed by atoms with van der Waals surface area (Å²) >= 11 is 1.35. The molecule has 9 nitrogen and oxygen atoms in total. The number of carbonyl (C=O) groups excluding carboxylic acids is 2. The number of thioether (sulfide) groups is 1. The average Bonchev–Trinajstić information content (AvgIpc) is 3.21. The van der Waals surface area contributed by atoms with Crippen molar-refractivity contribution < 1.29 is 28.5 Å². The van der Waals surface area contributed by atoms with Crippen molar-refractivity contribution in [3.63, 3.8) is 0 Å². The van der Waals surface area contributed by atoms with E-state index < -0.39 is 11.9 Å². The number of nitrogens with zero attached hydrogens (tertiary/aromatic N) is 2. The number of fused-ring (bicyclic) bond motifs is 1. The summed E-state index contributed by atoms with van der Waals surface area (Å²) in [7, 11) is 4.43. The van der Waals surface area contributed by atoms with E-state index in [0.717, 1.165) is 4.91 Å². The van der Waals surface area contributed by atoms with Crippen molar-refractivity contribution in [1.29, 1.82) is 5.41 Å². The van der Waals surface area contributed by atoms with Gasteiger partial charge in [0.05, 0.1) is 32.5 Å². The molecule has 0 fully saturated rings. The fourth-order valence-corrected chi connectivity index (χ4v) is 4.17. The number of nitrogens with one attached hydrogen (secondary N) is 1. The van der Waals surface area contributed by atoms with Crippen LogP contribution in [-0.4, -0.2) is 49.1 Å². The lowest BCUT2D eigenvalue weighted by Gasteiger charge is -2.22. The molecule has 0 radical (unpaired) electrons. The van der Waals surface area contributed by atoms with Gasteiger partial charge in [0.2, 0.25) is 0 Å². The Labute approximate surface area is 200 Å². The third-order valence-corrected chi connectivity index (χ3v) is 5.91. The fourth-order valence-electron chi connectivity index (χ4n) is 3.35. The molecule has 0 aliphatic carbocycles. The highest BCUT2D eigenvalue weighted by molar-refractivity contribution is 8.17. The minimum Gasteiger partial charge on any atom is -0.493 e. The van der Waals surface area contributed by atoms with E-state index in [2.05, 4.69) is 4.99 Å². The molecule has 2 heterocycles. The Balaban J connectivity index is 1.58. The summed E-state index contributed by atoms with van der Waals surface area (Å²) in [6.07, 6.45) is 3.32.